The van der Waals surface area contributed by atoms with Gasteiger partial charge in [-0.2, -0.15) is 0 Å². The van der Waals surface area contributed by atoms with Gasteiger partial charge in [0.25, 0.3) is 0 Å². The summed E-state index contributed by atoms with van der Waals surface area (Å²) >= 11 is 0. The summed E-state index contributed by atoms with van der Waals surface area (Å²) in [6.07, 6.45) is 2.54. The minimum atomic E-state index is -0.902. The zero-order valence-electron chi connectivity index (χ0n) is 9.53. The topological polar surface area (TPSA) is 124 Å². The third kappa shape index (κ3) is 2.70. The number of amides is 2. The maximum Gasteiger partial charge on any atom is 0.237 e. The van der Waals surface area contributed by atoms with Gasteiger partial charge in [-0.3, -0.25) is 9.59 Å². The average molecular weight is 228 g/mol. The van der Waals surface area contributed by atoms with Gasteiger partial charge in [0.2, 0.25) is 11.8 Å². The second-order valence-corrected chi connectivity index (χ2v) is 4.61. The van der Waals surface area contributed by atoms with Crippen LogP contribution in [0, 0.1) is 5.92 Å². The lowest BCUT2D eigenvalue weighted by atomic mass is 9.93. The summed E-state index contributed by atoms with van der Waals surface area (Å²) in [4.78, 5) is 22.2. The molecule has 0 bridgehead atoms. The van der Waals surface area contributed by atoms with Gasteiger partial charge in [-0.25, -0.2) is 0 Å². The van der Waals surface area contributed by atoms with E-state index >= 15 is 0 Å². The highest BCUT2D eigenvalue weighted by molar-refractivity contribution is 5.84. The van der Waals surface area contributed by atoms with Crippen LogP contribution in [0.1, 0.15) is 25.7 Å². The van der Waals surface area contributed by atoms with E-state index in [0.717, 1.165) is 6.42 Å². The second kappa shape index (κ2) is 4.80. The molecule has 16 heavy (non-hydrogen) atoms. The van der Waals surface area contributed by atoms with Gasteiger partial charge in [-0.05, 0) is 38.6 Å². The first-order valence-electron chi connectivity index (χ1n) is 5.44. The number of hydrogen-bond donors (Lipinski definition) is 4. The first-order valence-corrected chi connectivity index (χ1v) is 5.44. The van der Waals surface area contributed by atoms with Crippen molar-refractivity contribution < 1.29 is 9.59 Å². The molecule has 2 amide bonds. The van der Waals surface area contributed by atoms with Crippen molar-refractivity contribution in [2.45, 2.75) is 37.3 Å². The van der Waals surface area contributed by atoms with E-state index in [-0.39, 0.29) is 17.9 Å². The Morgan fingerprint density at radius 3 is 2.50 bits per heavy atom. The van der Waals surface area contributed by atoms with E-state index in [2.05, 4.69) is 5.32 Å². The summed E-state index contributed by atoms with van der Waals surface area (Å²) in [5.74, 6) is -0.617. The van der Waals surface area contributed by atoms with Gasteiger partial charge in [-0.15, -0.1) is 0 Å². The molecule has 7 N–H and O–H groups in total. The number of carbonyl (C=O) groups excluding carboxylic acids is 2. The van der Waals surface area contributed by atoms with Crippen LogP contribution in [0.15, 0.2) is 0 Å². The SMILES string of the molecule is CNC(CC1CCC(N)(C(N)=O)C1)C(N)=O. The van der Waals surface area contributed by atoms with Crippen LogP contribution in [0.4, 0.5) is 0 Å². The van der Waals surface area contributed by atoms with Crippen LogP contribution in [-0.2, 0) is 9.59 Å². The maximum atomic E-state index is 11.1. The van der Waals surface area contributed by atoms with Crippen LogP contribution < -0.4 is 22.5 Å². The number of rotatable bonds is 5. The Hall–Kier alpha value is -1.14. The van der Waals surface area contributed by atoms with Crippen molar-refractivity contribution in [1.29, 1.82) is 0 Å². The van der Waals surface area contributed by atoms with Crippen molar-refractivity contribution in [3.63, 3.8) is 0 Å². The largest absolute Gasteiger partial charge is 0.368 e. The van der Waals surface area contributed by atoms with Crippen LogP contribution in [-0.4, -0.2) is 30.4 Å². The Kier molecular flexibility index (Phi) is 3.88. The van der Waals surface area contributed by atoms with Crippen LogP contribution in [0.25, 0.3) is 0 Å². The number of primary amides is 2. The second-order valence-electron chi connectivity index (χ2n) is 4.61. The summed E-state index contributed by atoms with van der Waals surface area (Å²) < 4.78 is 0. The molecule has 0 heterocycles. The maximum absolute atomic E-state index is 11.1. The number of nitrogens with one attached hydrogen (secondary N) is 1. The molecule has 1 saturated carbocycles. The molecule has 1 aliphatic rings. The summed E-state index contributed by atoms with van der Waals surface area (Å²) in [7, 11) is 1.69. The summed E-state index contributed by atoms with van der Waals surface area (Å²) in [5, 5.41) is 2.85. The van der Waals surface area contributed by atoms with E-state index in [1.54, 1.807) is 7.05 Å². The first-order chi connectivity index (χ1) is 7.39. The molecule has 0 aliphatic heterocycles. The lowest BCUT2D eigenvalue weighted by Crippen LogP contribution is -2.50. The molecule has 0 aromatic carbocycles. The highest BCUT2D eigenvalue weighted by Gasteiger charge is 2.41. The van der Waals surface area contributed by atoms with Gasteiger partial charge >= 0.3 is 0 Å². The fourth-order valence-corrected chi connectivity index (χ4v) is 2.32. The fourth-order valence-electron chi connectivity index (χ4n) is 2.32. The lowest BCUT2D eigenvalue weighted by Gasteiger charge is -2.21. The molecule has 3 atom stereocenters. The number of nitrogens with two attached hydrogens (primary N) is 3. The van der Waals surface area contributed by atoms with Crippen LogP contribution in [0.3, 0.4) is 0 Å². The third-order valence-electron chi connectivity index (χ3n) is 3.40. The van der Waals surface area contributed by atoms with Gasteiger partial charge in [-0.1, -0.05) is 0 Å². The van der Waals surface area contributed by atoms with E-state index in [0.29, 0.717) is 19.3 Å². The molecule has 1 aliphatic carbocycles. The molecule has 0 saturated heterocycles. The van der Waals surface area contributed by atoms with Gasteiger partial charge in [0, 0.05) is 0 Å². The standard InChI is InChI=1S/C10H20N4O2/c1-14-7(8(11)15)4-6-2-3-10(13,5-6)9(12)16/h6-7,14H,2-5,13H2,1H3,(H2,11,15)(H2,12,16). The Bertz CT molecular complexity index is 295. The van der Waals surface area contributed by atoms with Gasteiger partial charge in [0.15, 0.2) is 0 Å². The van der Waals surface area contributed by atoms with E-state index in [1.807, 2.05) is 0 Å². The smallest absolute Gasteiger partial charge is 0.237 e. The van der Waals surface area contributed by atoms with Gasteiger partial charge in [0.1, 0.15) is 0 Å². The van der Waals surface area contributed by atoms with Gasteiger partial charge in [0.05, 0.1) is 11.6 Å². The predicted octanol–water partition coefficient (Wildman–Crippen LogP) is -1.57. The third-order valence-corrected chi connectivity index (χ3v) is 3.40. The molecule has 1 fully saturated rings. The molecule has 0 radical (unpaired) electrons. The Morgan fingerprint density at radius 1 is 1.50 bits per heavy atom. The highest BCUT2D eigenvalue weighted by atomic mass is 16.2. The Balaban J connectivity index is 2.54. The molecular weight excluding hydrogens is 208 g/mol. The number of carbonyl (C=O) groups is 2. The van der Waals surface area contributed by atoms with Crippen molar-refractivity contribution in [1.82, 2.24) is 5.32 Å². The fraction of sp³-hybridized carbons (Fsp3) is 0.800. The van der Waals surface area contributed by atoms with E-state index in [4.69, 9.17) is 17.2 Å². The van der Waals surface area contributed by atoms with Crippen molar-refractivity contribution in [3.05, 3.63) is 0 Å². The van der Waals surface area contributed by atoms with Crippen LogP contribution in [0.5, 0.6) is 0 Å². The normalized spacial score (nSPS) is 31.2. The molecule has 3 unspecified atom stereocenters. The Morgan fingerprint density at radius 2 is 2.12 bits per heavy atom. The van der Waals surface area contributed by atoms with Crippen molar-refractivity contribution in [2.75, 3.05) is 7.05 Å². The average Bonchev–Trinajstić information content (AvgIpc) is 2.57. The van der Waals surface area contributed by atoms with Crippen LogP contribution >= 0.6 is 0 Å². The van der Waals surface area contributed by atoms with E-state index in [1.165, 1.54) is 0 Å². The summed E-state index contributed by atoms with van der Waals surface area (Å²) in [6, 6.07) is -0.361. The van der Waals surface area contributed by atoms with Crippen LogP contribution in [0.2, 0.25) is 0 Å². The molecule has 0 spiro atoms. The first kappa shape index (κ1) is 12.9. The van der Waals surface area contributed by atoms with Gasteiger partial charge < -0.3 is 22.5 Å². The van der Waals surface area contributed by atoms with Crippen molar-refractivity contribution in [3.8, 4) is 0 Å². The molecular formula is C10H20N4O2. The molecule has 6 heteroatoms. The predicted molar refractivity (Wildman–Crippen MR) is 60.1 cm³/mol. The molecule has 0 aromatic heterocycles. The Labute approximate surface area is 94.9 Å². The molecule has 92 valence electrons. The summed E-state index contributed by atoms with van der Waals surface area (Å²) in [6.45, 7) is 0. The van der Waals surface area contributed by atoms with Crippen molar-refractivity contribution in [2.24, 2.45) is 23.1 Å². The number of hydrogen-bond acceptors (Lipinski definition) is 4. The minimum Gasteiger partial charge on any atom is -0.368 e. The highest BCUT2D eigenvalue weighted by Crippen LogP contribution is 2.35. The number of likely N-dealkylation sites (N-methyl/N-ethyl adjacent to an activating group) is 1. The molecule has 0 aromatic rings. The zero-order valence-corrected chi connectivity index (χ0v) is 9.53. The monoisotopic (exact) mass is 228 g/mol. The molecule has 6 nitrogen and oxygen atoms in total. The summed E-state index contributed by atoms with van der Waals surface area (Å²) in [5.41, 5.74) is 15.4. The van der Waals surface area contributed by atoms with Crippen molar-refractivity contribution >= 4 is 11.8 Å². The van der Waals surface area contributed by atoms with E-state index < -0.39 is 11.4 Å². The lowest BCUT2D eigenvalue weighted by molar-refractivity contribution is -0.123. The zero-order chi connectivity index (χ0) is 12.3. The quantitative estimate of drug-likeness (QED) is 0.454. The minimum absolute atomic E-state index is 0.224. The van der Waals surface area contributed by atoms with E-state index in [9.17, 15) is 9.59 Å². The molecule has 1 rings (SSSR count).